The molecule has 0 radical (unpaired) electrons. The summed E-state index contributed by atoms with van der Waals surface area (Å²) in [5.41, 5.74) is 3.55. The van der Waals surface area contributed by atoms with E-state index in [1.807, 2.05) is 29.2 Å². The molecule has 222 valence electrons. The minimum absolute atomic E-state index is 0.0928. The molecular formula is C30H41N5O6. The van der Waals surface area contributed by atoms with Crippen molar-refractivity contribution in [1.82, 2.24) is 25.9 Å². The number of rotatable bonds is 14. The van der Waals surface area contributed by atoms with Crippen molar-refractivity contribution in [2.75, 3.05) is 32.7 Å². The van der Waals surface area contributed by atoms with Gasteiger partial charge in [-0.25, -0.2) is 9.86 Å². The molecule has 2 aromatic carbocycles. The lowest BCUT2D eigenvalue weighted by Gasteiger charge is -2.22. The van der Waals surface area contributed by atoms with Gasteiger partial charge in [0.2, 0.25) is 11.8 Å². The van der Waals surface area contributed by atoms with Crippen LogP contribution in [0.1, 0.15) is 55.5 Å². The van der Waals surface area contributed by atoms with Crippen LogP contribution in [0, 0.1) is 0 Å². The zero-order chi connectivity index (χ0) is 29.8. The van der Waals surface area contributed by atoms with E-state index in [2.05, 4.69) is 35.0 Å². The number of benzene rings is 2. The van der Waals surface area contributed by atoms with Crippen molar-refractivity contribution in [1.29, 1.82) is 0 Å². The van der Waals surface area contributed by atoms with Crippen LogP contribution in [-0.4, -0.2) is 88.9 Å². The van der Waals surface area contributed by atoms with Crippen LogP contribution in [0.4, 0.5) is 4.79 Å². The Morgan fingerprint density at radius 2 is 1.63 bits per heavy atom. The Hall–Kier alpha value is -3.96. The van der Waals surface area contributed by atoms with E-state index in [9.17, 15) is 29.5 Å². The van der Waals surface area contributed by atoms with Crippen molar-refractivity contribution in [2.24, 2.45) is 0 Å². The fourth-order valence-corrected chi connectivity index (χ4v) is 4.53. The monoisotopic (exact) mass is 567 g/mol. The highest BCUT2D eigenvalue weighted by Gasteiger charge is 2.26. The van der Waals surface area contributed by atoms with Gasteiger partial charge in [-0.3, -0.25) is 19.6 Å². The van der Waals surface area contributed by atoms with Gasteiger partial charge in [0, 0.05) is 38.2 Å². The van der Waals surface area contributed by atoms with E-state index in [0.717, 1.165) is 36.9 Å². The molecule has 5 amide bonds. The molecule has 5 N–H and O–H groups in total. The summed E-state index contributed by atoms with van der Waals surface area (Å²) in [6.45, 7) is 4.97. The first-order chi connectivity index (χ1) is 19.7. The number of urea groups is 1. The van der Waals surface area contributed by atoms with E-state index in [1.54, 1.807) is 12.1 Å². The van der Waals surface area contributed by atoms with Crippen molar-refractivity contribution in [3.05, 3.63) is 59.7 Å². The van der Waals surface area contributed by atoms with Crippen molar-refractivity contribution in [3.63, 3.8) is 0 Å². The molecule has 11 heteroatoms. The minimum atomic E-state index is -1.23. The Kier molecular flexibility index (Phi) is 12.1. The first-order valence-corrected chi connectivity index (χ1v) is 14.2. The molecule has 1 aliphatic rings. The molecule has 1 heterocycles. The number of nitrogens with zero attached hydrogens (tertiary/aromatic N) is 2. The van der Waals surface area contributed by atoms with Gasteiger partial charge in [-0.1, -0.05) is 43.3 Å². The number of amides is 5. The smallest absolute Gasteiger partial charge is 0.341 e. The summed E-state index contributed by atoms with van der Waals surface area (Å²) in [5, 5.41) is 28.2. The number of likely N-dealkylation sites (tertiary alicyclic amines) is 1. The third-order valence-electron chi connectivity index (χ3n) is 7.05. The second-order valence-corrected chi connectivity index (χ2v) is 10.2. The lowest BCUT2D eigenvalue weighted by Crippen LogP contribution is -2.53. The predicted octanol–water partition coefficient (Wildman–Crippen LogP) is 2.31. The van der Waals surface area contributed by atoms with Crippen LogP contribution in [0.15, 0.2) is 48.5 Å². The van der Waals surface area contributed by atoms with Crippen molar-refractivity contribution in [2.45, 2.75) is 58.1 Å². The van der Waals surface area contributed by atoms with Crippen LogP contribution in [0.2, 0.25) is 0 Å². The lowest BCUT2D eigenvalue weighted by atomic mass is 10.0. The molecule has 1 saturated heterocycles. The third-order valence-corrected chi connectivity index (χ3v) is 7.05. The van der Waals surface area contributed by atoms with E-state index >= 15 is 0 Å². The number of hydrogen-bond acceptors (Lipinski definition) is 6. The number of hydroxylamine groups is 2. The molecule has 3 rings (SSSR count). The predicted molar refractivity (Wildman–Crippen MR) is 154 cm³/mol. The van der Waals surface area contributed by atoms with Crippen LogP contribution in [0.5, 0.6) is 0 Å². The maximum Gasteiger partial charge on any atom is 0.341 e. The van der Waals surface area contributed by atoms with E-state index in [-0.39, 0.29) is 19.0 Å². The summed E-state index contributed by atoms with van der Waals surface area (Å²) in [6, 6.07) is 13.2. The van der Waals surface area contributed by atoms with Gasteiger partial charge >= 0.3 is 6.03 Å². The highest BCUT2D eigenvalue weighted by molar-refractivity contribution is 5.98. The highest BCUT2D eigenvalue weighted by atomic mass is 16.5. The largest absolute Gasteiger partial charge is 0.391 e. The minimum Gasteiger partial charge on any atom is -0.391 e. The van der Waals surface area contributed by atoms with Gasteiger partial charge < -0.3 is 26.0 Å². The zero-order valence-electron chi connectivity index (χ0n) is 23.8. The maximum atomic E-state index is 12.8. The second kappa shape index (κ2) is 15.7. The normalized spacial score (nSPS) is 14.3. The van der Waals surface area contributed by atoms with Crippen LogP contribution in [0.25, 0.3) is 11.1 Å². The molecule has 11 nitrogen and oxygen atoms in total. The van der Waals surface area contributed by atoms with Crippen molar-refractivity contribution in [3.8, 4) is 11.1 Å². The number of carbonyl (C=O) groups is 4. The SMILES string of the molecule is CCc1ccc(-c2ccc(C(=O)N[C@H](C(=O)NCCN(O)C(=O)NCCCCN3CCCC3=O)[C@@H](C)O)cc2)cc1. The van der Waals surface area contributed by atoms with Gasteiger partial charge in [0.1, 0.15) is 6.04 Å². The van der Waals surface area contributed by atoms with Gasteiger partial charge in [0.05, 0.1) is 12.6 Å². The van der Waals surface area contributed by atoms with Crippen LogP contribution >= 0.6 is 0 Å². The summed E-state index contributed by atoms with van der Waals surface area (Å²) < 4.78 is 0. The Balaban J connectivity index is 1.39. The van der Waals surface area contributed by atoms with Crippen LogP contribution < -0.4 is 16.0 Å². The fourth-order valence-electron chi connectivity index (χ4n) is 4.53. The fraction of sp³-hybridized carbons (Fsp3) is 0.467. The molecule has 0 aliphatic carbocycles. The van der Waals surface area contributed by atoms with E-state index < -0.39 is 30.0 Å². The molecule has 2 atom stereocenters. The number of unbranched alkanes of at least 4 members (excludes halogenated alkanes) is 1. The number of nitrogens with one attached hydrogen (secondary N) is 3. The second-order valence-electron chi connectivity index (χ2n) is 10.2. The van der Waals surface area contributed by atoms with Gasteiger partial charge in [-0.15, -0.1) is 0 Å². The Bertz CT molecular complexity index is 1170. The van der Waals surface area contributed by atoms with Gasteiger partial charge in [-0.2, -0.15) is 0 Å². The topological polar surface area (TPSA) is 151 Å². The molecule has 1 aliphatic heterocycles. The average Bonchev–Trinajstić information content (AvgIpc) is 3.39. The quantitative estimate of drug-likeness (QED) is 0.134. The zero-order valence-corrected chi connectivity index (χ0v) is 23.8. The first-order valence-electron chi connectivity index (χ1n) is 14.2. The molecule has 1 fully saturated rings. The van der Waals surface area contributed by atoms with Gasteiger partial charge in [0.25, 0.3) is 5.91 Å². The van der Waals surface area contributed by atoms with Crippen molar-refractivity contribution < 1.29 is 29.5 Å². The lowest BCUT2D eigenvalue weighted by molar-refractivity contribution is -0.128. The summed E-state index contributed by atoms with van der Waals surface area (Å²) in [6.07, 6.45) is 2.66. The summed E-state index contributed by atoms with van der Waals surface area (Å²) in [7, 11) is 0. The number of hydrogen-bond donors (Lipinski definition) is 5. The van der Waals surface area contributed by atoms with Crippen LogP contribution in [0.3, 0.4) is 0 Å². The van der Waals surface area contributed by atoms with E-state index in [0.29, 0.717) is 36.6 Å². The number of aryl methyl sites for hydroxylation is 1. The molecule has 0 aromatic heterocycles. The van der Waals surface area contributed by atoms with E-state index in [1.165, 1.54) is 12.5 Å². The molecule has 41 heavy (non-hydrogen) atoms. The number of aliphatic hydroxyl groups excluding tert-OH is 1. The Morgan fingerprint density at radius 3 is 2.22 bits per heavy atom. The molecule has 0 bridgehead atoms. The van der Waals surface area contributed by atoms with E-state index in [4.69, 9.17) is 0 Å². The Morgan fingerprint density at radius 1 is 0.976 bits per heavy atom. The summed E-state index contributed by atoms with van der Waals surface area (Å²) in [5.74, 6) is -1.000. The highest BCUT2D eigenvalue weighted by Crippen LogP contribution is 2.21. The standard InChI is InChI=1S/C30H41N5O6/c1-3-22-8-10-23(11-9-22)24-12-14-25(15-13-24)28(38)33-27(21(2)36)29(39)31-17-20-35(41)30(40)32-16-4-5-18-34-19-6-7-26(34)37/h8-15,21,27,36,41H,3-7,16-20H2,1-2H3,(H,31,39)(H,32,40)(H,33,38)/t21-,27+/m1/s1. The maximum absolute atomic E-state index is 12.8. The Labute approximate surface area is 240 Å². The molecule has 0 spiro atoms. The average molecular weight is 568 g/mol. The summed E-state index contributed by atoms with van der Waals surface area (Å²) >= 11 is 0. The molecule has 0 unspecified atom stereocenters. The third kappa shape index (κ3) is 9.58. The van der Waals surface area contributed by atoms with Crippen molar-refractivity contribution >= 4 is 23.8 Å². The summed E-state index contributed by atoms with van der Waals surface area (Å²) in [4.78, 5) is 50.9. The number of aliphatic hydroxyl groups is 1. The first kappa shape index (κ1) is 31.6. The van der Waals surface area contributed by atoms with Gasteiger partial charge in [0.15, 0.2) is 0 Å². The molecule has 0 saturated carbocycles. The van der Waals surface area contributed by atoms with Crippen LogP contribution in [-0.2, 0) is 16.0 Å². The molecule has 2 aromatic rings. The van der Waals surface area contributed by atoms with Gasteiger partial charge in [-0.05, 0) is 61.4 Å². The number of carbonyl (C=O) groups excluding carboxylic acids is 4. The molecular weight excluding hydrogens is 526 g/mol.